The lowest BCUT2D eigenvalue weighted by atomic mass is 9.88. The number of hydrogen-bond donors (Lipinski definition) is 2. The lowest BCUT2D eigenvalue weighted by Crippen LogP contribution is -2.39. The zero-order valence-corrected chi connectivity index (χ0v) is 8.87. The number of rotatable bonds is 3. The molecule has 0 aliphatic heterocycles. The van der Waals surface area contributed by atoms with Crippen LogP contribution in [0.2, 0.25) is 0 Å². The molecule has 2 unspecified atom stereocenters. The Labute approximate surface area is 84.5 Å². The highest BCUT2D eigenvalue weighted by Gasteiger charge is 2.27. The van der Waals surface area contributed by atoms with Gasteiger partial charge in [0, 0.05) is 6.04 Å². The summed E-state index contributed by atoms with van der Waals surface area (Å²) in [6.07, 6.45) is 3.82. The van der Waals surface area contributed by atoms with Crippen molar-refractivity contribution in [3.63, 3.8) is 0 Å². The lowest BCUT2D eigenvalue weighted by Gasteiger charge is -2.25. The van der Waals surface area contributed by atoms with Gasteiger partial charge in [-0.1, -0.05) is 30.2 Å². The van der Waals surface area contributed by atoms with E-state index in [1.165, 1.54) is 0 Å². The van der Waals surface area contributed by atoms with Crippen molar-refractivity contribution >= 4 is 5.97 Å². The number of carboxylic acid groups (broad SMARTS) is 1. The van der Waals surface area contributed by atoms with Gasteiger partial charge in [-0.05, 0) is 20.4 Å². The van der Waals surface area contributed by atoms with Crippen molar-refractivity contribution in [3.05, 3.63) is 23.3 Å². The van der Waals surface area contributed by atoms with E-state index < -0.39 is 11.9 Å². The first-order valence-corrected chi connectivity index (χ1v) is 4.89. The van der Waals surface area contributed by atoms with Gasteiger partial charge in [0.25, 0.3) is 0 Å². The SMILES string of the molecule is CCNC1C=C(C)C(C)=CC1C(=O)O. The zero-order valence-electron chi connectivity index (χ0n) is 8.87. The van der Waals surface area contributed by atoms with Crippen molar-refractivity contribution in [1.82, 2.24) is 5.32 Å². The second-order valence-corrected chi connectivity index (χ2v) is 3.65. The van der Waals surface area contributed by atoms with Gasteiger partial charge < -0.3 is 10.4 Å². The predicted octanol–water partition coefficient (Wildman–Crippen LogP) is 1.57. The number of aliphatic carboxylic acids is 1. The highest BCUT2D eigenvalue weighted by Crippen LogP contribution is 2.22. The third-order valence-corrected chi connectivity index (χ3v) is 2.59. The molecule has 0 radical (unpaired) electrons. The van der Waals surface area contributed by atoms with Crippen LogP contribution in [0.5, 0.6) is 0 Å². The minimum atomic E-state index is -0.765. The minimum absolute atomic E-state index is 0.0683. The van der Waals surface area contributed by atoms with Crippen LogP contribution in [0, 0.1) is 5.92 Å². The highest BCUT2D eigenvalue weighted by atomic mass is 16.4. The monoisotopic (exact) mass is 195 g/mol. The summed E-state index contributed by atoms with van der Waals surface area (Å²) in [4.78, 5) is 11.0. The zero-order chi connectivity index (χ0) is 10.7. The quantitative estimate of drug-likeness (QED) is 0.718. The average Bonchev–Trinajstić information content (AvgIpc) is 2.11. The fourth-order valence-electron chi connectivity index (χ4n) is 1.66. The highest BCUT2D eigenvalue weighted by molar-refractivity contribution is 5.74. The van der Waals surface area contributed by atoms with Gasteiger partial charge in [0.1, 0.15) is 0 Å². The van der Waals surface area contributed by atoms with Gasteiger partial charge in [0.15, 0.2) is 0 Å². The normalized spacial score (nSPS) is 26.8. The number of allylic oxidation sites excluding steroid dienone is 2. The number of nitrogens with one attached hydrogen (secondary N) is 1. The summed E-state index contributed by atoms with van der Waals surface area (Å²) >= 11 is 0. The second kappa shape index (κ2) is 4.42. The maximum absolute atomic E-state index is 11.0. The maximum atomic E-state index is 11.0. The molecule has 78 valence electrons. The first-order valence-electron chi connectivity index (χ1n) is 4.89. The molecular formula is C11H17NO2. The van der Waals surface area contributed by atoms with E-state index in [4.69, 9.17) is 5.11 Å². The van der Waals surface area contributed by atoms with Gasteiger partial charge in [-0.2, -0.15) is 0 Å². The van der Waals surface area contributed by atoms with E-state index >= 15 is 0 Å². The molecule has 0 heterocycles. The van der Waals surface area contributed by atoms with E-state index in [1.54, 1.807) is 0 Å². The molecule has 0 spiro atoms. The molecule has 0 aromatic carbocycles. The Bertz CT molecular complexity index is 292. The molecule has 2 atom stereocenters. The fourth-order valence-corrected chi connectivity index (χ4v) is 1.66. The molecule has 2 N–H and O–H groups in total. The summed E-state index contributed by atoms with van der Waals surface area (Å²) in [5, 5.41) is 12.2. The first-order chi connectivity index (χ1) is 6.56. The molecule has 0 aromatic rings. The van der Waals surface area contributed by atoms with Gasteiger partial charge in [-0.15, -0.1) is 0 Å². The Kier molecular flexibility index (Phi) is 3.47. The molecule has 0 bridgehead atoms. The topological polar surface area (TPSA) is 49.3 Å². The Hall–Kier alpha value is -1.09. The summed E-state index contributed by atoms with van der Waals surface area (Å²) in [6.45, 7) is 6.72. The van der Waals surface area contributed by atoms with Crippen LogP contribution in [-0.4, -0.2) is 23.7 Å². The van der Waals surface area contributed by atoms with E-state index in [0.29, 0.717) is 0 Å². The summed E-state index contributed by atoms with van der Waals surface area (Å²) < 4.78 is 0. The summed E-state index contributed by atoms with van der Waals surface area (Å²) in [6, 6.07) is -0.0683. The molecule has 14 heavy (non-hydrogen) atoms. The Morgan fingerprint density at radius 2 is 2.00 bits per heavy atom. The third-order valence-electron chi connectivity index (χ3n) is 2.59. The molecule has 0 saturated heterocycles. The predicted molar refractivity (Wildman–Crippen MR) is 56.1 cm³/mol. The van der Waals surface area contributed by atoms with Crippen molar-refractivity contribution in [1.29, 1.82) is 0 Å². The van der Waals surface area contributed by atoms with Crippen LogP contribution in [0.15, 0.2) is 23.3 Å². The third kappa shape index (κ3) is 2.23. The first kappa shape index (κ1) is 11.0. The lowest BCUT2D eigenvalue weighted by molar-refractivity contribution is -0.140. The molecule has 3 nitrogen and oxygen atoms in total. The summed E-state index contributed by atoms with van der Waals surface area (Å²) in [7, 11) is 0. The van der Waals surface area contributed by atoms with Gasteiger partial charge in [-0.25, -0.2) is 0 Å². The van der Waals surface area contributed by atoms with Crippen molar-refractivity contribution in [3.8, 4) is 0 Å². The molecular weight excluding hydrogens is 178 g/mol. The number of hydrogen-bond acceptors (Lipinski definition) is 2. The number of carbonyl (C=O) groups is 1. The van der Waals surface area contributed by atoms with Gasteiger partial charge >= 0.3 is 5.97 Å². The Balaban J connectivity index is 2.88. The molecule has 0 aromatic heterocycles. The largest absolute Gasteiger partial charge is 0.481 e. The Morgan fingerprint density at radius 3 is 2.50 bits per heavy atom. The Morgan fingerprint density at radius 1 is 1.43 bits per heavy atom. The van der Waals surface area contributed by atoms with Crippen LogP contribution in [-0.2, 0) is 4.79 Å². The average molecular weight is 195 g/mol. The summed E-state index contributed by atoms with van der Waals surface area (Å²) in [5.74, 6) is -1.20. The van der Waals surface area contributed by atoms with Crippen LogP contribution in [0.4, 0.5) is 0 Å². The maximum Gasteiger partial charge on any atom is 0.312 e. The van der Waals surface area contributed by atoms with Crippen molar-refractivity contribution in [2.75, 3.05) is 6.54 Å². The van der Waals surface area contributed by atoms with Crippen LogP contribution in [0.1, 0.15) is 20.8 Å². The molecule has 1 aliphatic carbocycles. The second-order valence-electron chi connectivity index (χ2n) is 3.65. The van der Waals surface area contributed by atoms with E-state index in [0.717, 1.165) is 17.7 Å². The fraction of sp³-hybridized carbons (Fsp3) is 0.545. The molecule has 3 heteroatoms. The smallest absolute Gasteiger partial charge is 0.312 e. The van der Waals surface area contributed by atoms with Crippen molar-refractivity contribution < 1.29 is 9.90 Å². The van der Waals surface area contributed by atoms with E-state index in [9.17, 15) is 4.79 Å². The van der Waals surface area contributed by atoms with E-state index in [1.807, 2.05) is 32.9 Å². The van der Waals surface area contributed by atoms with Gasteiger partial charge in [-0.3, -0.25) is 4.79 Å². The minimum Gasteiger partial charge on any atom is -0.481 e. The molecule has 0 saturated carbocycles. The standard InChI is InChI=1S/C11H17NO2/c1-4-12-10-6-8(3)7(2)5-9(10)11(13)14/h5-6,9-10,12H,4H2,1-3H3,(H,13,14). The molecule has 1 rings (SSSR count). The summed E-state index contributed by atoms with van der Waals surface area (Å²) in [5.41, 5.74) is 2.22. The van der Waals surface area contributed by atoms with Crippen LogP contribution in [0.3, 0.4) is 0 Å². The van der Waals surface area contributed by atoms with Gasteiger partial charge in [0.2, 0.25) is 0 Å². The molecule has 0 amide bonds. The number of likely N-dealkylation sites (N-methyl/N-ethyl adjacent to an activating group) is 1. The van der Waals surface area contributed by atoms with Crippen molar-refractivity contribution in [2.24, 2.45) is 5.92 Å². The molecule has 0 fully saturated rings. The van der Waals surface area contributed by atoms with Crippen molar-refractivity contribution in [2.45, 2.75) is 26.8 Å². The van der Waals surface area contributed by atoms with E-state index in [2.05, 4.69) is 5.32 Å². The number of carboxylic acids is 1. The van der Waals surface area contributed by atoms with Crippen LogP contribution < -0.4 is 5.32 Å². The van der Waals surface area contributed by atoms with Crippen LogP contribution in [0.25, 0.3) is 0 Å². The van der Waals surface area contributed by atoms with Crippen LogP contribution >= 0.6 is 0 Å². The molecule has 1 aliphatic rings. The van der Waals surface area contributed by atoms with Gasteiger partial charge in [0.05, 0.1) is 5.92 Å². The van der Waals surface area contributed by atoms with E-state index in [-0.39, 0.29) is 6.04 Å².